The van der Waals surface area contributed by atoms with Crippen LogP contribution in [0.1, 0.15) is 67.0 Å². The van der Waals surface area contributed by atoms with Crippen LogP contribution in [0.5, 0.6) is 0 Å². The monoisotopic (exact) mass is 548 g/mol. The van der Waals surface area contributed by atoms with Crippen LogP contribution in [-0.2, 0) is 17.8 Å². The molecule has 41 heavy (non-hydrogen) atoms. The average Bonchev–Trinajstić information content (AvgIpc) is 3.48. The lowest BCUT2D eigenvalue weighted by Gasteiger charge is -2.44. The molecule has 1 saturated heterocycles. The van der Waals surface area contributed by atoms with E-state index in [4.69, 9.17) is 4.98 Å². The lowest BCUT2D eigenvalue weighted by Crippen LogP contribution is -2.55. The number of piperazine rings is 1. The number of amides is 1. The van der Waals surface area contributed by atoms with Gasteiger partial charge in [0.2, 0.25) is 5.91 Å². The van der Waals surface area contributed by atoms with Crippen LogP contribution in [0, 0.1) is 6.92 Å². The van der Waals surface area contributed by atoms with Crippen molar-refractivity contribution in [3.63, 3.8) is 0 Å². The normalized spacial score (nSPS) is 19.0. The van der Waals surface area contributed by atoms with Gasteiger partial charge in [0.25, 0.3) is 0 Å². The van der Waals surface area contributed by atoms with Crippen LogP contribution in [0.2, 0.25) is 0 Å². The number of aryl methyl sites for hydroxylation is 1. The predicted octanol–water partition coefficient (Wildman–Crippen LogP) is 6.06. The molecule has 0 aliphatic carbocycles. The van der Waals surface area contributed by atoms with Crippen molar-refractivity contribution in [2.75, 3.05) is 24.5 Å². The summed E-state index contributed by atoms with van der Waals surface area (Å²) in [6.07, 6.45) is 7.26. The van der Waals surface area contributed by atoms with E-state index in [2.05, 4.69) is 97.3 Å². The molecule has 2 N–H and O–H groups in total. The van der Waals surface area contributed by atoms with E-state index in [0.717, 1.165) is 37.1 Å². The number of pyridine rings is 1. The molecular formula is C34H40N6O. The molecule has 212 valence electrons. The number of fused-ring (bicyclic) bond motifs is 2. The molecule has 4 aromatic rings. The maximum Gasteiger partial charge on any atom is 0.246 e. The van der Waals surface area contributed by atoms with Crippen LogP contribution < -0.4 is 10.2 Å². The van der Waals surface area contributed by atoms with Crippen molar-refractivity contribution in [2.24, 2.45) is 0 Å². The molecule has 2 aromatic heterocycles. The lowest BCUT2D eigenvalue weighted by molar-refractivity contribution is -0.126. The average molecular weight is 549 g/mol. The zero-order valence-corrected chi connectivity index (χ0v) is 24.6. The van der Waals surface area contributed by atoms with E-state index in [1.165, 1.54) is 50.5 Å². The molecule has 2 atom stereocenters. The van der Waals surface area contributed by atoms with E-state index in [9.17, 15) is 4.79 Å². The number of nitrogens with zero attached hydrogens (tertiary/aromatic N) is 4. The fraction of sp³-hybridized carbons (Fsp3) is 0.382. The predicted molar refractivity (Wildman–Crippen MR) is 166 cm³/mol. The molecule has 0 saturated carbocycles. The van der Waals surface area contributed by atoms with Gasteiger partial charge in [0.15, 0.2) is 0 Å². The largest absolute Gasteiger partial charge is 0.363 e. The Kier molecular flexibility index (Phi) is 7.39. The zero-order chi connectivity index (χ0) is 28.7. The highest BCUT2D eigenvalue weighted by atomic mass is 16.2. The van der Waals surface area contributed by atoms with Gasteiger partial charge in [-0.3, -0.25) is 14.9 Å². The molecule has 1 amide bonds. The molecule has 6 rings (SSSR count). The highest BCUT2D eigenvalue weighted by Gasteiger charge is 2.33. The summed E-state index contributed by atoms with van der Waals surface area (Å²) in [7, 11) is 0. The maximum atomic E-state index is 12.4. The number of anilines is 1. The molecule has 7 heteroatoms. The van der Waals surface area contributed by atoms with Crippen molar-refractivity contribution in [3.8, 4) is 11.3 Å². The third kappa shape index (κ3) is 4.82. The fourth-order valence-corrected chi connectivity index (χ4v) is 6.86. The molecule has 2 unspecified atom stereocenters. The number of carbonyl (C=O) groups excluding carboxylic acids is 1. The lowest BCUT2D eigenvalue weighted by atomic mass is 9.84. The highest BCUT2D eigenvalue weighted by Crippen LogP contribution is 2.41. The van der Waals surface area contributed by atoms with Crippen molar-refractivity contribution < 1.29 is 4.79 Å². The fourth-order valence-electron chi connectivity index (χ4n) is 6.86. The number of aromatic nitrogens is 3. The van der Waals surface area contributed by atoms with Gasteiger partial charge in [0.05, 0.1) is 29.3 Å². The Hall–Kier alpha value is -3.97. The van der Waals surface area contributed by atoms with E-state index < -0.39 is 0 Å². The van der Waals surface area contributed by atoms with E-state index in [1.54, 1.807) is 0 Å². The maximum absolute atomic E-state index is 12.4. The molecule has 2 aliphatic rings. The number of nitrogens with one attached hydrogen (secondary N) is 2. The summed E-state index contributed by atoms with van der Waals surface area (Å²) in [6.45, 7) is 15.5. The second-order valence-corrected chi connectivity index (χ2v) is 11.7. The Labute approximate surface area is 242 Å². The molecule has 0 bridgehead atoms. The van der Waals surface area contributed by atoms with Crippen molar-refractivity contribution in [1.29, 1.82) is 0 Å². The third-order valence-electron chi connectivity index (χ3n) is 9.03. The molecule has 1 fully saturated rings. The van der Waals surface area contributed by atoms with Gasteiger partial charge >= 0.3 is 0 Å². The van der Waals surface area contributed by atoms with Crippen LogP contribution in [0.4, 0.5) is 5.69 Å². The summed E-state index contributed by atoms with van der Waals surface area (Å²) < 4.78 is 0. The second-order valence-electron chi connectivity index (χ2n) is 11.7. The van der Waals surface area contributed by atoms with Gasteiger partial charge in [-0.15, -0.1) is 0 Å². The number of H-pyrrole nitrogens is 1. The van der Waals surface area contributed by atoms with Crippen molar-refractivity contribution >= 4 is 22.5 Å². The highest BCUT2D eigenvalue weighted by molar-refractivity contribution is 5.87. The Bertz CT molecular complexity index is 1600. The summed E-state index contributed by atoms with van der Waals surface area (Å²) in [5, 5.41) is 12.6. The van der Waals surface area contributed by atoms with Gasteiger partial charge in [-0.2, -0.15) is 5.10 Å². The molecule has 0 spiro atoms. The quantitative estimate of drug-likeness (QED) is 0.287. The minimum absolute atomic E-state index is 0.0113. The van der Waals surface area contributed by atoms with Crippen molar-refractivity contribution in [3.05, 3.63) is 89.3 Å². The molecule has 4 heterocycles. The minimum atomic E-state index is 0.0113. The van der Waals surface area contributed by atoms with Gasteiger partial charge < -0.3 is 15.1 Å². The SMILES string of the molecule is C=CC(=O)N1CCN(c2cnc(-c3ccccc3C(C)C)c3c2CNC(c2c(C)ccc4[nH]ncc24)C3)C(CC)C1. The molecule has 7 nitrogen and oxygen atoms in total. The number of benzene rings is 2. The number of rotatable bonds is 6. The van der Waals surface area contributed by atoms with Crippen molar-refractivity contribution in [1.82, 2.24) is 25.4 Å². The Balaban J connectivity index is 1.47. The first-order valence-electron chi connectivity index (χ1n) is 14.8. The van der Waals surface area contributed by atoms with Gasteiger partial charge in [0.1, 0.15) is 0 Å². The number of hydrogen-bond acceptors (Lipinski definition) is 5. The number of hydrogen-bond donors (Lipinski definition) is 2. The van der Waals surface area contributed by atoms with Gasteiger partial charge in [-0.25, -0.2) is 0 Å². The van der Waals surface area contributed by atoms with Crippen LogP contribution in [-0.4, -0.2) is 51.7 Å². The second kappa shape index (κ2) is 11.1. The smallest absolute Gasteiger partial charge is 0.246 e. The zero-order valence-electron chi connectivity index (χ0n) is 24.6. The third-order valence-corrected chi connectivity index (χ3v) is 9.03. The standard InChI is InChI=1S/C34H40N6O/c1-6-23-20-39(32(41)7-2)14-15-40(23)31-19-36-34(25-11-9-8-10-24(25)21(3)4)26-16-30(35-17-27(26)31)33-22(5)12-13-29-28(33)18-37-38-29/h7-13,18-19,21,23,30,35H,2,6,14-17,20H2,1,3-5H3,(H,37,38). The summed E-state index contributed by atoms with van der Waals surface area (Å²) in [5.74, 6) is 0.403. The molecule has 2 aromatic carbocycles. The summed E-state index contributed by atoms with van der Waals surface area (Å²) in [6, 6.07) is 13.4. The Morgan fingerprint density at radius 3 is 2.76 bits per heavy atom. The summed E-state index contributed by atoms with van der Waals surface area (Å²) in [4.78, 5) is 22.1. The van der Waals surface area contributed by atoms with E-state index in [0.29, 0.717) is 19.0 Å². The summed E-state index contributed by atoms with van der Waals surface area (Å²) in [5.41, 5.74) is 11.1. The topological polar surface area (TPSA) is 77.2 Å². The van der Waals surface area contributed by atoms with Crippen molar-refractivity contribution in [2.45, 2.75) is 65.1 Å². The van der Waals surface area contributed by atoms with Gasteiger partial charge in [0, 0.05) is 49.2 Å². The van der Waals surface area contributed by atoms with Gasteiger partial charge in [-0.05, 0) is 65.6 Å². The first-order chi connectivity index (χ1) is 19.9. The Morgan fingerprint density at radius 2 is 1.98 bits per heavy atom. The molecule has 2 aliphatic heterocycles. The van der Waals surface area contributed by atoms with Crippen LogP contribution in [0.3, 0.4) is 0 Å². The number of carbonyl (C=O) groups is 1. The van der Waals surface area contributed by atoms with E-state index >= 15 is 0 Å². The van der Waals surface area contributed by atoms with Crippen LogP contribution >= 0.6 is 0 Å². The number of aromatic amines is 1. The van der Waals surface area contributed by atoms with E-state index in [-0.39, 0.29) is 18.0 Å². The molecular weight excluding hydrogens is 508 g/mol. The van der Waals surface area contributed by atoms with E-state index in [1.807, 2.05) is 11.1 Å². The first kappa shape index (κ1) is 27.2. The first-order valence-corrected chi connectivity index (χ1v) is 14.8. The summed E-state index contributed by atoms with van der Waals surface area (Å²) >= 11 is 0. The van der Waals surface area contributed by atoms with Crippen LogP contribution in [0.15, 0.2) is 61.4 Å². The minimum Gasteiger partial charge on any atom is -0.363 e. The molecule has 0 radical (unpaired) electrons. The Morgan fingerprint density at radius 1 is 1.15 bits per heavy atom. The van der Waals surface area contributed by atoms with Gasteiger partial charge in [-0.1, -0.05) is 57.7 Å². The van der Waals surface area contributed by atoms with Crippen LogP contribution in [0.25, 0.3) is 22.2 Å².